The van der Waals surface area contributed by atoms with Crippen molar-refractivity contribution < 1.29 is 27.4 Å². The molecular weight excluding hydrogens is 418 g/mol. The van der Waals surface area contributed by atoms with E-state index in [4.69, 9.17) is 4.74 Å². The van der Waals surface area contributed by atoms with E-state index in [1.54, 1.807) is 0 Å². The largest absolute Gasteiger partial charge is 0.389 e. The van der Waals surface area contributed by atoms with Gasteiger partial charge in [0.2, 0.25) is 5.95 Å². The predicted octanol–water partition coefficient (Wildman–Crippen LogP) is 3.33. The van der Waals surface area contributed by atoms with Crippen molar-refractivity contribution in [2.75, 3.05) is 18.5 Å². The van der Waals surface area contributed by atoms with Crippen molar-refractivity contribution in [2.45, 2.75) is 44.0 Å². The fourth-order valence-electron chi connectivity index (χ4n) is 3.33. The summed E-state index contributed by atoms with van der Waals surface area (Å²) in [6, 6.07) is 3.14. The third-order valence-electron chi connectivity index (χ3n) is 5.24. The molecule has 1 aliphatic heterocycles. The van der Waals surface area contributed by atoms with E-state index >= 15 is 0 Å². The second-order valence-electron chi connectivity index (χ2n) is 7.92. The van der Waals surface area contributed by atoms with Crippen LogP contribution in [0.1, 0.15) is 25.8 Å². The van der Waals surface area contributed by atoms with Gasteiger partial charge in [-0.2, -0.15) is 8.78 Å². The van der Waals surface area contributed by atoms with Crippen LogP contribution in [0.4, 0.5) is 23.5 Å². The monoisotopic (exact) mass is 439 g/mol. The highest BCUT2D eigenvalue weighted by molar-refractivity contribution is 5.64. The third-order valence-corrected chi connectivity index (χ3v) is 5.24. The first-order valence-electron chi connectivity index (χ1n) is 9.68. The molecule has 0 radical (unpaired) electrons. The molecule has 0 aliphatic carbocycles. The summed E-state index contributed by atoms with van der Waals surface area (Å²) in [6.45, 7) is 2.23. The average molecular weight is 439 g/mol. The number of aliphatic hydroxyl groups is 1. The van der Waals surface area contributed by atoms with Crippen molar-refractivity contribution in [3.05, 3.63) is 42.0 Å². The maximum absolute atomic E-state index is 14.4. The van der Waals surface area contributed by atoms with Gasteiger partial charge in [0, 0.05) is 24.4 Å². The number of pyridine rings is 1. The summed E-state index contributed by atoms with van der Waals surface area (Å²) in [6.07, 6.45) is 1.93. The summed E-state index contributed by atoms with van der Waals surface area (Å²) in [5.41, 5.74) is -2.91. The van der Waals surface area contributed by atoms with E-state index in [0.29, 0.717) is 13.0 Å². The summed E-state index contributed by atoms with van der Waals surface area (Å²) in [5.74, 6) is -4.21. The molecule has 1 fully saturated rings. The van der Waals surface area contributed by atoms with E-state index in [2.05, 4.69) is 20.4 Å². The van der Waals surface area contributed by atoms with Crippen molar-refractivity contribution in [1.82, 2.24) is 19.6 Å². The molecule has 2 N–H and O–H groups in total. The van der Waals surface area contributed by atoms with Gasteiger partial charge in [-0.25, -0.2) is 18.3 Å². The Labute approximate surface area is 175 Å². The molecule has 0 amide bonds. The van der Waals surface area contributed by atoms with Gasteiger partial charge in [-0.3, -0.25) is 4.98 Å². The van der Waals surface area contributed by atoms with Crippen molar-refractivity contribution in [1.29, 1.82) is 0 Å². The smallest absolute Gasteiger partial charge is 0.307 e. The first kappa shape index (κ1) is 21.4. The number of ether oxygens (including phenoxy) is 1. The molecule has 0 aromatic carbocycles. The molecule has 4 heterocycles. The van der Waals surface area contributed by atoms with E-state index in [1.807, 2.05) is 0 Å². The van der Waals surface area contributed by atoms with Crippen LogP contribution in [0.2, 0.25) is 0 Å². The van der Waals surface area contributed by atoms with Crippen LogP contribution >= 0.6 is 0 Å². The minimum absolute atomic E-state index is 0.0640. The maximum atomic E-state index is 14.4. The van der Waals surface area contributed by atoms with E-state index in [1.165, 1.54) is 16.8 Å². The Balaban J connectivity index is 1.67. The second-order valence-corrected chi connectivity index (χ2v) is 7.92. The number of nitrogens with one attached hydrogen (secondary N) is 1. The fourth-order valence-corrected chi connectivity index (χ4v) is 3.33. The zero-order valence-corrected chi connectivity index (χ0v) is 16.8. The average Bonchev–Trinajstić information content (AvgIpc) is 3.05. The van der Waals surface area contributed by atoms with Crippen LogP contribution in [0, 0.1) is 5.82 Å². The van der Waals surface area contributed by atoms with E-state index in [0.717, 1.165) is 32.2 Å². The van der Waals surface area contributed by atoms with E-state index < -0.39 is 29.1 Å². The molecule has 2 atom stereocenters. The predicted molar refractivity (Wildman–Crippen MR) is 104 cm³/mol. The van der Waals surface area contributed by atoms with Gasteiger partial charge >= 0.3 is 5.92 Å². The van der Waals surface area contributed by atoms with Gasteiger partial charge in [-0.05, 0) is 32.4 Å². The number of anilines is 1. The number of halogens is 4. The number of hydrogen-bond donors (Lipinski definition) is 2. The summed E-state index contributed by atoms with van der Waals surface area (Å²) >= 11 is 0. The molecule has 0 bridgehead atoms. The first-order valence-corrected chi connectivity index (χ1v) is 9.68. The Kier molecular flexibility index (Phi) is 5.34. The molecule has 1 saturated heterocycles. The van der Waals surface area contributed by atoms with Crippen LogP contribution in [-0.2, 0) is 10.7 Å². The number of alkyl halides is 3. The van der Waals surface area contributed by atoms with Gasteiger partial charge in [0.15, 0.2) is 11.5 Å². The highest BCUT2D eigenvalue weighted by Gasteiger charge is 2.49. The minimum atomic E-state index is -3.74. The summed E-state index contributed by atoms with van der Waals surface area (Å²) in [4.78, 5) is 8.06. The Morgan fingerprint density at radius 1 is 1.19 bits per heavy atom. The van der Waals surface area contributed by atoms with Crippen LogP contribution in [0.3, 0.4) is 0 Å². The number of fused-ring (bicyclic) bond motifs is 1. The summed E-state index contributed by atoms with van der Waals surface area (Å²) in [5, 5.41) is 17.3. The van der Waals surface area contributed by atoms with E-state index in [-0.39, 0.29) is 35.5 Å². The van der Waals surface area contributed by atoms with Crippen LogP contribution in [-0.4, -0.2) is 55.7 Å². The second kappa shape index (κ2) is 7.72. The number of aliphatic hydroxyl groups excluding tert-OH is 1. The molecule has 0 saturated carbocycles. The van der Waals surface area contributed by atoms with Crippen molar-refractivity contribution in [3.63, 3.8) is 0 Å². The van der Waals surface area contributed by atoms with Crippen molar-refractivity contribution >= 4 is 11.5 Å². The molecule has 31 heavy (non-hydrogen) atoms. The molecular formula is C20H21F4N5O2. The maximum Gasteiger partial charge on any atom is 0.307 e. The molecule has 0 spiro atoms. The number of rotatable bonds is 5. The van der Waals surface area contributed by atoms with Gasteiger partial charge in [0.05, 0.1) is 36.3 Å². The van der Waals surface area contributed by atoms with Crippen molar-refractivity contribution in [2.24, 2.45) is 0 Å². The fraction of sp³-hybridized carbons (Fsp3) is 0.450. The molecule has 11 heteroatoms. The molecule has 0 unspecified atom stereocenters. The lowest BCUT2D eigenvalue weighted by molar-refractivity contribution is -0.127. The summed E-state index contributed by atoms with van der Waals surface area (Å²) in [7, 11) is 0. The topological polar surface area (TPSA) is 84.6 Å². The molecule has 4 rings (SSSR count). The lowest BCUT2D eigenvalue weighted by atomic mass is 9.96. The zero-order chi connectivity index (χ0) is 22.4. The highest BCUT2D eigenvalue weighted by atomic mass is 19.3. The van der Waals surface area contributed by atoms with Gasteiger partial charge < -0.3 is 15.2 Å². The van der Waals surface area contributed by atoms with Crippen LogP contribution in [0.5, 0.6) is 0 Å². The van der Waals surface area contributed by atoms with Crippen LogP contribution in [0.25, 0.3) is 16.9 Å². The zero-order valence-electron chi connectivity index (χ0n) is 16.8. The van der Waals surface area contributed by atoms with Gasteiger partial charge in [0.1, 0.15) is 5.52 Å². The standard InChI is InChI=1S/C20H21F4N5O2/c1-19(2,22)20(23,24)11-3-4-13(25-8-11)15-7-12(21)16-9-26-18(28-29(15)16)27-14-5-6-31-10-17(14)30/h3-4,7-9,14,17,30H,5-6,10H2,1-2H3,(H,27,28)/t14-,17-/m1/s1. The third kappa shape index (κ3) is 3.94. The number of hydrogen-bond acceptors (Lipinski definition) is 6. The van der Waals surface area contributed by atoms with Gasteiger partial charge in [0.25, 0.3) is 0 Å². The minimum Gasteiger partial charge on any atom is -0.389 e. The number of nitrogens with zero attached hydrogens (tertiary/aromatic N) is 4. The summed E-state index contributed by atoms with van der Waals surface area (Å²) < 4.78 is 63.1. The Hall–Kier alpha value is -2.79. The Bertz CT molecular complexity index is 1080. The molecule has 3 aromatic rings. The quantitative estimate of drug-likeness (QED) is 0.594. The van der Waals surface area contributed by atoms with Crippen molar-refractivity contribution in [3.8, 4) is 11.4 Å². The van der Waals surface area contributed by atoms with Gasteiger partial charge in [-0.1, -0.05) is 0 Å². The Morgan fingerprint density at radius 3 is 2.61 bits per heavy atom. The molecule has 1 aliphatic rings. The molecule has 7 nitrogen and oxygen atoms in total. The first-order chi connectivity index (χ1) is 14.6. The molecule has 166 valence electrons. The van der Waals surface area contributed by atoms with Crippen LogP contribution in [0.15, 0.2) is 30.6 Å². The highest BCUT2D eigenvalue weighted by Crippen LogP contribution is 2.41. The van der Waals surface area contributed by atoms with Crippen LogP contribution < -0.4 is 5.32 Å². The number of aromatic nitrogens is 4. The van der Waals surface area contributed by atoms with E-state index in [9.17, 15) is 22.7 Å². The lowest BCUT2D eigenvalue weighted by Gasteiger charge is -2.28. The normalized spacial score (nSPS) is 20.2. The van der Waals surface area contributed by atoms with Gasteiger partial charge in [-0.15, -0.1) is 5.10 Å². The molecule has 3 aromatic heterocycles. The lowest BCUT2D eigenvalue weighted by Crippen LogP contribution is -2.42. The Morgan fingerprint density at radius 2 is 1.97 bits per heavy atom. The SMILES string of the molecule is CC(C)(F)C(F)(F)c1ccc(-c2cc(F)c3cnc(N[C@@H]4CCOC[C@H]4O)nn23)nc1.